The third kappa shape index (κ3) is 4.08. The van der Waals surface area contributed by atoms with Crippen molar-refractivity contribution in [3.05, 3.63) is 71.8 Å². The SMILES string of the molecule is O=C(NCc1ccccc1)C1CC2(CCN1C(=O)O)CC(c1ccccc1)=NO2. The average Bonchev–Trinajstić information content (AvgIpc) is 3.16. The second-order valence-corrected chi connectivity index (χ2v) is 7.50. The largest absolute Gasteiger partial charge is 0.465 e. The van der Waals surface area contributed by atoms with E-state index in [1.54, 1.807) is 0 Å². The van der Waals surface area contributed by atoms with Crippen molar-refractivity contribution in [1.29, 1.82) is 0 Å². The van der Waals surface area contributed by atoms with Crippen LogP contribution in [0, 0.1) is 0 Å². The summed E-state index contributed by atoms with van der Waals surface area (Å²) in [5.74, 6) is -0.313. The van der Waals surface area contributed by atoms with E-state index in [4.69, 9.17) is 4.84 Å². The van der Waals surface area contributed by atoms with Gasteiger partial charge in [0.1, 0.15) is 11.6 Å². The van der Waals surface area contributed by atoms with Crippen LogP contribution in [0.5, 0.6) is 0 Å². The van der Waals surface area contributed by atoms with E-state index in [1.807, 2.05) is 60.7 Å². The Kier molecular flexibility index (Phi) is 5.20. The quantitative estimate of drug-likeness (QED) is 0.835. The first-order valence-electron chi connectivity index (χ1n) is 9.68. The second kappa shape index (κ2) is 7.95. The number of nitrogens with zero attached hydrogens (tertiary/aromatic N) is 2. The monoisotopic (exact) mass is 393 g/mol. The number of benzene rings is 2. The Bertz CT molecular complexity index is 916. The molecule has 0 radical (unpaired) electrons. The number of hydrogen-bond acceptors (Lipinski definition) is 4. The molecule has 1 saturated heterocycles. The van der Waals surface area contributed by atoms with E-state index >= 15 is 0 Å². The van der Waals surface area contributed by atoms with E-state index in [9.17, 15) is 14.7 Å². The van der Waals surface area contributed by atoms with E-state index in [-0.39, 0.29) is 18.9 Å². The summed E-state index contributed by atoms with van der Waals surface area (Å²) in [6.45, 7) is 0.583. The van der Waals surface area contributed by atoms with Crippen molar-refractivity contribution < 1.29 is 19.5 Å². The lowest BCUT2D eigenvalue weighted by molar-refractivity contribution is -0.134. The highest BCUT2D eigenvalue weighted by atomic mass is 16.7. The minimum Gasteiger partial charge on any atom is -0.465 e. The lowest BCUT2D eigenvalue weighted by atomic mass is 9.81. The third-order valence-electron chi connectivity index (χ3n) is 5.55. The summed E-state index contributed by atoms with van der Waals surface area (Å²) in [5.41, 5.74) is 2.12. The molecule has 7 heteroatoms. The van der Waals surface area contributed by atoms with Gasteiger partial charge in [-0.3, -0.25) is 9.69 Å². The first-order chi connectivity index (χ1) is 14.1. The Morgan fingerprint density at radius 3 is 2.52 bits per heavy atom. The number of piperidine rings is 1. The molecule has 2 aromatic rings. The molecule has 1 spiro atoms. The summed E-state index contributed by atoms with van der Waals surface area (Å²) >= 11 is 0. The van der Waals surface area contributed by atoms with Crippen LogP contribution in [0.25, 0.3) is 0 Å². The van der Waals surface area contributed by atoms with Crippen molar-refractivity contribution >= 4 is 17.7 Å². The zero-order chi connectivity index (χ0) is 20.3. The van der Waals surface area contributed by atoms with E-state index in [1.165, 1.54) is 4.90 Å². The van der Waals surface area contributed by atoms with Crippen molar-refractivity contribution in [1.82, 2.24) is 10.2 Å². The van der Waals surface area contributed by atoms with Crippen LogP contribution in [-0.2, 0) is 16.2 Å². The van der Waals surface area contributed by atoms with Gasteiger partial charge in [-0.05, 0) is 11.1 Å². The second-order valence-electron chi connectivity index (χ2n) is 7.50. The number of carboxylic acid groups (broad SMARTS) is 1. The van der Waals surface area contributed by atoms with Gasteiger partial charge in [-0.2, -0.15) is 0 Å². The fourth-order valence-corrected chi connectivity index (χ4v) is 3.96. The van der Waals surface area contributed by atoms with Crippen LogP contribution in [0.2, 0.25) is 0 Å². The number of carbonyl (C=O) groups is 2. The molecule has 0 aromatic heterocycles. The molecule has 2 aromatic carbocycles. The predicted octanol–water partition coefficient (Wildman–Crippen LogP) is 3.01. The molecular weight excluding hydrogens is 370 g/mol. The summed E-state index contributed by atoms with van der Waals surface area (Å²) in [5, 5.41) is 16.7. The van der Waals surface area contributed by atoms with Gasteiger partial charge in [0, 0.05) is 32.4 Å². The minimum absolute atomic E-state index is 0.232. The van der Waals surface area contributed by atoms with Gasteiger partial charge >= 0.3 is 6.09 Å². The van der Waals surface area contributed by atoms with Crippen LogP contribution < -0.4 is 5.32 Å². The van der Waals surface area contributed by atoms with E-state index in [0.29, 0.717) is 19.4 Å². The Labute approximate surface area is 169 Å². The number of oxime groups is 1. The van der Waals surface area contributed by atoms with Crippen LogP contribution in [0.15, 0.2) is 65.8 Å². The normalized spacial score (nSPS) is 23.4. The van der Waals surface area contributed by atoms with Gasteiger partial charge in [0.05, 0.1) is 5.71 Å². The lowest BCUT2D eigenvalue weighted by Gasteiger charge is -2.41. The molecule has 150 valence electrons. The molecule has 7 nitrogen and oxygen atoms in total. The Morgan fingerprint density at radius 2 is 1.83 bits per heavy atom. The average molecular weight is 393 g/mol. The topological polar surface area (TPSA) is 91.2 Å². The standard InChI is InChI=1S/C22H23N3O4/c26-20(23-15-16-7-3-1-4-8-16)19-14-22(11-12-25(19)21(27)28)13-18(24-29-22)17-9-5-2-6-10-17/h1-10,19H,11-15H2,(H,23,26)(H,27,28). The maximum Gasteiger partial charge on any atom is 0.407 e. The molecular formula is C22H23N3O4. The summed E-state index contributed by atoms with van der Waals surface area (Å²) in [6.07, 6.45) is 0.246. The van der Waals surface area contributed by atoms with E-state index in [2.05, 4.69) is 10.5 Å². The van der Waals surface area contributed by atoms with Crippen molar-refractivity contribution in [3.8, 4) is 0 Å². The smallest absolute Gasteiger partial charge is 0.407 e. The van der Waals surface area contributed by atoms with Gasteiger partial charge < -0.3 is 15.3 Å². The van der Waals surface area contributed by atoms with Gasteiger partial charge in [0.25, 0.3) is 0 Å². The van der Waals surface area contributed by atoms with Crippen LogP contribution >= 0.6 is 0 Å². The molecule has 2 unspecified atom stereocenters. The third-order valence-corrected chi connectivity index (χ3v) is 5.55. The van der Waals surface area contributed by atoms with E-state index < -0.39 is 17.7 Å². The molecule has 2 aliphatic rings. The maximum atomic E-state index is 12.9. The van der Waals surface area contributed by atoms with Crippen LogP contribution in [0.1, 0.15) is 30.4 Å². The Balaban J connectivity index is 1.46. The van der Waals surface area contributed by atoms with Gasteiger partial charge in [0.15, 0.2) is 0 Å². The molecule has 1 fully saturated rings. The number of rotatable bonds is 4. The molecule has 2 amide bonds. The molecule has 0 aliphatic carbocycles. The summed E-state index contributed by atoms with van der Waals surface area (Å²) in [4.78, 5) is 31.6. The molecule has 4 rings (SSSR count). The van der Waals surface area contributed by atoms with Gasteiger partial charge in [-0.1, -0.05) is 65.8 Å². The lowest BCUT2D eigenvalue weighted by Crippen LogP contribution is -2.57. The minimum atomic E-state index is -1.10. The maximum absolute atomic E-state index is 12.9. The highest BCUT2D eigenvalue weighted by Crippen LogP contribution is 2.38. The fourth-order valence-electron chi connectivity index (χ4n) is 3.96. The Morgan fingerprint density at radius 1 is 1.14 bits per heavy atom. The molecule has 2 aliphatic heterocycles. The molecule has 0 bridgehead atoms. The van der Waals surface area contributed by atoms with E-state index in [0.717, 1.165) is 16.8 Å². The molecule has 0 saturated carbocycles. The number of carbonyl (C=O) groups excluding carboxylic acids is 1. The van der Waals surface area contributed by atoms with Crippen molar-refractivity contribution in [3.63, 3.8) is 0 Å². The summed E-state index contributed by atoms with van der Waals surface area (Å²) in [7, 11) is 0. The number of likely N-dealkylation sites (tertiary alicyclic amines) is 1. The van der Waals surface area contributed by atoms with Crippen LogP contribution in [0.4, 0.5) is 4.79 Å². The highest BCUT2D eigenvalue weighted by Gasteiger charge is 2.49. The van der Waals surface area contributed by atoms with Crippen molar-refractivity contribution in [2.75, 3.05) is 6.54 Å². The molecule has 2 N–H and O–H groups in total. The zero-order valence-electron chi connectivity index (χ0n) is 16.0. The molecule has 29 heavy (non-hydrogen) atoms. The van der Waals surface area contributed by atoms with Crippen molar-refractivity contribution in [2.24, 2.45) is 5.16 Å². The van der Waals surface area contributed by atoms with Gasteiger partial charge in [0.2, 0.25) is 5.91 Å². The van der Waals surface area contributed by atoms with Crippen molar-refractivity contribution in [2.45, 2.75) is 37.5 Å². The molecule has 2 atom stereocenters. The van der Waals surface area contributed by atoms with Crippen LogP contribution in [0.3, 0.4) is 0 Å². The summed E-state index contributed by atoms with van der Waals surface area (Å²) in [6, 6.07) is 18.5. The molecule has 2 heterocycles. The fraction of sp³-hybridized carbons (Fsp3) is 0.318. The summed E-state index contributed by atoms with van der Waals surface area (Å²) < 4.78 is 0. The number of nitrogens with one attached hydrogen (secondary N) is 1. The number of amides is 2. The highest BCUT2D eigenvalue weighted by molar-refractivity contribution is 6.01. The first-order valence-corrected chi connectivity index (χ1v) is 9.68. The van der Waals surface area contributed by atoms with Crippen LogP contribution in [-0.4, -0.2) is 45.9 Å². The predicted molar refractivity (Wildman–Crippen MR) is 107 cm³/mol. The Hall–Kier alpha value is -3.35. The zero-order valence-corrected chi connectivity index (χ0v) is 16.0. The number of hydrogen-bond donors (Lipinski definition) is 2. The van der Waals surface area contributed by atoms with Gasteiger partial charge in [-0.15, -0.1) is 0 Å². The first kappa shape index (κ1) is 19.0. The van der Waals surface area contributed by atoms with Gasteiger partial charge in [-0.25, -0.2) is 4.79 Å².